The Hall–Kier alpha value is -1.57. The Morgan fingerprint density at radius 3 is 2.20 bits per heavy atom. The van der Waals surface area contributed by atoms with Crippen LogP contribution in [0.15, 0.2) is 30.3 Å². The van der Waals surface area contributed by atoms with E-state index < -0.39 is 10.0 Å². The fourth-order valence-corrected chi connectivity index (χ4v) is 2.15. The summed E-state index contributed by atoms with van der Waals surface area (Å²) >= 11 is 11.7. The Morgan fingerprint density at radius 1 is 1.00 bits per heavy atom. The van der Waals surface area contributed by atoms with Crippen molar-refractivity contribution in [1.29, 1.82) is 0 Å². The third kappa shape index (κ3) is 4.22. The van der Waals surface area contributed by atoms with E-state index >= 15 is 0 Å². The van der Waals surface area contributed by atoms with Gasteiger partial charge in [0.25, 0.3) is 0 Å². The first-order valence-electron chi connectivity index (χ1n) is 5.37. The molecule has 6 nitrogen and oxygen atoms in total. The summed E-state index contributed by atoms with van der Waals surface area (Å²) < 4.78 is 24.3. The minimum Gasteiger partial charge on any atom is -0.339 e. The quantitative estimate of drug-likeness (QED) is 0.899. The van der Waals surface area contributed by atoms with Crippen molar-refractivity contribution in [2.24, 2.45) is 0 Å². The van der Waals surface area contributed by atoms with Crippen molar-refractivity contribution < 1.29 is 8.42 Å². The number of aromatic nitrogens is 2. The van der Waals surface area contributed by atoms with Crippen LogP contribution in [-0.2, 0) is 10.0 Å². The van der Waals surface area contributed by atoms with Gasteiger partial charge in [0, 0.05) is 5.69 Å². The molecule has 106 valence electrons. The molecule has 0 saturated carbocycles. The largest absolute Gasteiger partial charge is 0.339 e. The molecular weight excluding hydrogens is 323 g/mol. The van der Waals surface area contributed by atoms with E-state index in [2.05, 4.69) is 20.2 Å². The third-order valence-corrected chi connectivity index (χ3v) is 3.47. The van der Waals surface area contributed by atoms with E-state index in [0.29, 0.717) is 21.6 Å². The predicted octanol–water partition coefficient (Wildman–Crippen LogP) is 2.90. The highest BCUT2D eigenvalue weighted by Gasteiger charge is 2.05. The summed E-state index contributed by atoms with van der Waals surface area (Å²) in [7, 11) is -3.36. The van der Waals surface area contributed by atoms with Gasteiger partial charge in [-0.25, -0.2) is 8.42 Å². The number of rotatable bonds is 4. The van der Waals surface area contributed by atoms with Gasteiger partial charge in [0.2, 0.25) is 10.0 Å². The van der Waals surface area contributed by atoms with Crippen molar-refractivity contribution in [2.45, 2.75) is 0 Å². The molecule has 9 heteroatoms. The molecule has 2 aromatic rings. The number of anilines is 3. The minimum atomic E-state index is -3.36. The van der Waals surface area contributed by atoms with E-state index in [4.69, 9.17) is 23.2 Å². The second-order valence-electron chi connectivity index (χ2n) is 3.93. The van der Waals surface area contributed by atoms with Gasteiger partial charge in [-0.05, 0) is 30.3 Å². The molecule has 0 aliphatic carbocycles. The first-order valence-corrected chi connectivity index (χ1v) is 8.02. The molecule has 1 aromatic carbocycles. The molecule has 0 aliphatic heterocycles. The maximum atomic E-state index is 11.0. The lowest BCUT2D eigenvalue weighted by atomic mass is 10.3. The smallest absolute Gasteiger partial charge is 0.231 e. The summed E-state index contributed by atoms with van der Waals surface area (Å²) in [5.74, 6) is 0.592. The molecule has 1 heterocycles. The average Bonchev–Trinajstić information content (AvgIpc) is 2.35. The molecular formula is C11H10Cl2N4O2S. The molecule has 0 amide bonds. The van der Waals surface area contributed by atoms with E-state index in [-0.39, 0.29) is 5.82 Å². The summed E-state index contributed by atoms with van der Waals surface area (Å²) in [6, 6.07) is 8.11. The second-order valence-corrected chi connectivity index (χ2v) is 6.49. The summed E-state index contributed by atoms with van der Waals surface area (Å²) in [4.78, 5) is 0. The van der Waals surface area contributed by atoms with Gasteiger partial charge < -0.3 is 5.32 Å². The number of benzene rings is 1. The molecule has 0 radical (unpaired) electrons. The van der Waals surface area contributed by atoms with Gasteiger partial charge in [-0.3, -0.25) is 4.72 Å². The van der Waals surface area contributed by atoms with Crippen molar-refractivity contribution in [3.05, 3.63) is 40.4 Å². The fraction of sp³-hybridized carbons (Fsp3) is 0.0909. The van der Waals surface area contributed by atoms with Crippen LogP contribution in [0.1, 0.15) is 0 Å². The number of nitrogens with one attached hydrogen (secondary N) is 2. The summed E-state index contributed by atoms with van der Waals surface area (Å²) in [6.45, 7) is 0. The molecule has 2 N–H and O–H groups in total. The molecule has 2 rings (SSSR count). The molecule has 0 atom stereocenters. The van der Waals surface area contributed by atoms with E-state index in [0.717, 1.165) is 6.26 Å². The number of hydrogen-bond acceptors (Lipinski definition) is 5. The highest BCUT2D eigenvalue weighted by atomic mass is 35.5. The van der Waals surface area contributed by atoms with Gasteiger partial charge in [0.05, 0.1) is 16.3 Å². The topological polar surface area (TPSA) is 84.0 Å². The third-order valence-electron chi connectivity index (χ3n) is 2.15. The van der Waals surface area contributed by atoms with Crippen LogP contribution in [0.4, 0.5) is 17.3 Å². The van der Waals surface area contributed by atoms with Crippen LogP contribution in [0.2, 0.25) is 10.0 Å². The predicted molar refractivity (Wildman–Crippen MR) is 80.2 cm³/mol. The highest BCUT2D eigenvalue weighted by Crippen LogP contribution is 2.26. The van der Waals surface area contributed by atoms with E-state index in [1.165, 1.54) is 6.07 Å². The monoisotopic (exact) mass is 332 g/mol. The Morgan fingerprint density at radius 2 is 1.65 bits per heavy atom. The molecule has 0 unspecified atom stereocenters. The van der Waals surface area contributed by atoms with Crippen molar-refractivity contribution in [3.63, 3.8) is 0 Å². The average molecular weight is 333 g/mol. The zero-order valence-electron chi connectivity index (χ0n) is 10.3. The standard InChI is InChI=1S/C11H10Cl2N4O2S/c1-20(18,19)17-11-5-4-10(15-16-11)14-7-2-3-8(12)9(13)6-7/h2-6H,1H3,(H,14,15)(H,16,17). The molecule has 0 saturated heterocycles. The molecule has 0 spiro atoms. The molecule has 1 aromatic heterocycles. The highest BCUT2D eigenvalue weighted by molar-refractivity contribution is 7.92. The Bertz CT molecular complexity index is 720. The van der Waals surface area contributed by atoms with Crippen LogP contribution >= 0.6 is 23.2 Å². The van der Waals surface area contributed by atoms with Crippen molar-refractivity contribution in [2.75, 3.05) is 16.3 Å². The Labute approximate surface area is 126 Å². The maximum absolute atomic E-state index is 11.0. The lowest BCUT2D eigenvalue weighted by Gasteiger charge is -2.07. The zero-order valence-corrected chi connectivity index (χ0v) is 12.6. The van der Waals surface area contributed by atoms with Gasteiger partial charge in [-0.2, -0.15) is 0 Å². The van der Waals surface area contributed by atoms with Crippen molar-refractivity contribution >= 4 is 50.5 Å². The molecule has 0 bridgehead atoms. The number of nitrogens with zero attached hydrogens (tertiary/aromatic N) is 2. The lowest BCUT2D eigenvalue weighted by Crippen LogP contribution is -2.11. The van der Waals surface area contributed by atoms with Crippen molar-refractivity contribution in [3.8, 4) is 0 Å². The van der Waals surface area contributed by atoms with Crippen LogP contribution in [-0.4, -0.2) is 24.9 Å². The first-order chi connectivity index (χ1) is 9.33. The second kappa shape index (κ2) is 5.82. The molecule has 20 heavy (non-hydrogen) atoms. The zero-order chi connectivity index (χ0) is 14.8. The van der Waals surface area contributed by atoms with Gasteiger partial charge in [0.15, 0.2) is 11.6 Å². The van der Waals surface area contributed by atoms with E-state index in [1.54, 1.807) is 24.3 Å². The fourth-order valence-electron chi connectivity index (χ4n) is 1.37. The summed E-state index contributed by atoms with van der Waals surface area (Å²) in [6.07, 6.45) is 1.04. The van der Waals surface area contributed by atoms with Crippen molar-refractivity contribution in [1.82, 2.24) is 10.2 Å². The van der Waals surface area contributed by atoms with Crippen LogP contribution in [0.3, 0.4) is 0 Å². The summed E-state index contributed by atoms with van der Waals surface area (Å²) in [5, 5.41) is 11.4. The number of hydrogen-bond donors (Lipinski definition) is 2. The van der Waals surface area contributed by atoms with Crippen LogP contribution in [0.25, 0.3) is 0 Å². The van der Waals surface area contributed by atoms with E-state index in [9.17, 15) is 8.42 Å². The van der Waals surface area contributed by atoms with Crippen LogP contribution in [0.5, 0.6) is 0 Å². The van der Waals surface area contributed by atoms with Crippen LogP contribution in [0, 0.1) is 0 Å². The normalized spacial score (nSPS) is 11.2. The minimum absolute atomic E-state index is 0.146. The maximum Gasteiger partial charge on any atom is 0.231 e. The van der Waals surface area contributed by atoms with Crippen LogP contribution < -0.4 is 10.0 Å². The molecule has 0 aliphatic rings. The number of halogens is 2. The SMILES string of the molecule is CS(=O)(=O)Nc1ccc(Nc2ccc(Cl)c(Cl)c2)nn1. The van der Waals surface area contributed by atoms with Gasteiger partial charge in [-0.15, -0.1) is 10.2 Å². The summed E-state index contributed by atoms with van der Waals surface area (Å²) in [5.41, 5.74) is 0.692. The first kappa shape index (κ1) is 14.8. The lowest BCUT2D eigenvalue weighted by molar-refractivity contribution is 0.606. The van der Waals surface area contributed by atoms with E-state index in [1.807, 2.05) is 0 Å². The van der Waals surface area contributed by atoms with Gasteiger partial charge in [0.1, 0.15) is 0 Å². The Kier molecular flexibility index (Phi) is 4.32. The number of sulfonamides is 1. The Balaban J connectivity index is 2.12. The molecule has 0 fully saturated rings. The van der Waals surface area contributed by atoms with Gasteiger partial charge >= 0.3 is 0 Å². The van der Waals surface area contributed by atoms with Gasteiger partial charge in [-0.1, -0.05) is 23.2 Å².